The second-order valence-electron chi connectivity index (χ2n) is 4.61. The monoisotopic (exact) mass is 279 g/mol. The van der Waals surface area contributed by atoms with Gasteiger partial charge in [-0.25, -0.2) is 0 Å². The predicted molar refractivity (Wildman–Crippen MR) is 77.2 cm³/mol. The van der Waals surface area contributed by atoms with Gasteiger partial charge in [0.25, 0.3) is 0 Å². The van der Waals surface area contributed by atoms with Crippen LogP contribution in [0.4, 0.5) is 5.69 Å². The zero-order valence-corrected chi connectivity index (χ0v) is 11.8. The minimum Gasteiger partial charge on any atom is -0.383 e. The normalized spacial score (nSPS) is 11.9. The molecule has 0 radical (unpaired) electrons. The number of primary amides is 1. The van der Waals surface area contributed by atoms with Crippen LogP contribution in [0.15, 0.2) is 24.3 Å². The zero-order valence-electron chi connectivity index (χ0n) is 11.8. The molecule has 0 saturated heterocycles. The number of methoxy groups -OCH3 is 1. The standard InChI is InChI=1S/C14H21N3O3/c1-10-4-3-5-11(8-10)17(7-6-13(16)18)14(19)12(15)9-20-2/h3-5,8,12H,6-7,9,15H2,1-2H3,(H2,16,18). The molecule has 1 rings (SSSR count). The van der Waals surface area contributed by atoms with Crippen molar-refractivity contribution >= 4 is 17.5 Å². The topological polar surface area (TPSA) is 98.7 Å². The molecule has 0 bridgehead atoms. The molecule has 2 amide bonds. The Kier molecular flexibility index (Phi) is 6.14. The molecule has 0 aliphatic rings. The number of hydrogen-bond acceptors (Lipinski definition) is 4. The first-order chi connectivity index (χ1) is 9.45. The average molecular weight is 279 g/mol. The van der Waals surface area contributed by atoms with Crippen LogP contribution < -0.4 is 16.4 Å². The molecule has 6 nitrogen and oxygen atoms in total. The van der Waals surface area contributed by atoms with Crippen molar-refractivity contribution in [3.05, 3.63) is 29.8 Å². The minimum atomic E-state index is -0.770. The minimum absolute atomic E-state index is 0.0827. The van der Waals surface area contributed by atoms with E-state index >= 15 is 0 Å². The van der Waals surface area contributed by atoms with Gasteiger partial charge in [0.05, 0.1) is 6.61 Å². The molecule has 0 aromatic heterocycles. The third-order valence-electron chi connectivity index (χ3n) is 2.82. The molecule has 110 valence electrons. The number of hydrogen-bond donors (Lipinski definition) is 2. The van der Waals surface area contributed by atoms with Gasteiger partial charge in [-0.3, -0.25) is 9.59 Å². The highest BCUT2D eigenvalue weighted by atomic mass is 16.5. The number of ether oxygens (including phenoxy) is 1. The summed E-state index contributed by atoms with van der Waals surface area (Å²) in [4.78, 5) is 24.7. The number of rotatable bonds is 7. The van der Waals surface area contributed by atoms with Gasteiger partial charge in [0.1, 0.15) is 6.04 Å². The summed E-state index contributed by atoms with van der Waals surface area (Å²) in [5.41, 5.74) is 12.6. The van der Waals surface area contributed by atoms with Crippen molar-refractivity contribution in [2.24, 2.45) is 11.5 Å². The summed E-state index contributed by atoms with van der Waals surface area (Å²) in [6, 6.07) is 6.66. The van der Waals surface area contributed by atoms with E-state index in [-0.39, 0.29) is 25.5 Å². The van der Waals surface area contributed by atoms with Crippen molar-refractivity contribution in [3.63, 3.8) is 0 Å². The largest absolute Gasteiger partial charge is 0.383 e. The Morgan fingerprint density at radius 3 is 2.65 bits per heavy atom. The van der Waals surface area contributed by atoms with E-state index in [1.165, 1.54) is 12.0 Å². The van der Waals surface area contributed by atoms with E-state index in [1.54, 1.807) is 6.07 Å². The van der Waals surface area contributed by atoms with Crippen molar-refractivity contribution in [3.8, 4) is 0 Å². The summed E-state index contributed by atoms with van der Waals surface area (Å²) in [7, 11) is 1.48. The number of anilines is 1. The second kappa shape index (κ2) is 7.62. The van der Waals surface area contributed by atoms with Crippen molar-refractivity contribution in [1.82, 2.24) is 0 Å². The Morgan fingerprint density at radius 2 is 2.10 bits per heavy atom. The van der Waals surface area contributed by atoms with Gasteiger partial charge in [0, 0.05) is 25.8 Å². The third-order valence-corrected chi connectivity index (χ3v) is 2.82. The SMILES string of the molecule is COCC(N)C(=O)N(CCC(N)=O)c1cccc(C)c1. The van der Waals surface area contributed by atoms with Gasteiger partial charge < -0.3 is 21.1 Å². The van der Waals surface area contributed by atoms with Gasteiger partial charge >= 0.3 is 0 Å². The van der Waals surface area contributed by atoms with Gasteiger partial charge in [-0.1, -0.05) is 12.1 Å². The van der Waals surface area contributed by atoms with E-state index in [4.69, 9.17) is 16.2 Å². The molecule has 0 spiro atoms. The van der Waals surface area contributed by atoms with Crippen LogP contribution in [0.1, 0.15) is 12.0 Å². The summed E-state index contributed by atoms with van der Waals surface area (Å²) in [6.07, 6.45) is 0.0827. The predicted octanol–water partition coefficient (Wildman–Crippen LogP) is 0.177. The lowest BCUT2D eigenvalue weighted by Crippen LogP contribution is -2.47. The molecule has 1 atom stereocenters. The number of nitrogens with two attached hydrogens (primary N) is 2. The fourth-order valence-electron chi connectivity index (χ4n) is 1.84. The molecule has 4 N–H and O–H groups in total. The molecule has 0 aliphatic carbocycles. The van der Waals surface area contributed by atoms with Gasteiger partial charge in [0.2, 0.25) is 11.8 Å². The first kappa shape index (κ1) is 16.1. The van der Waals surface area contributed by atoms with E-state index in [1.807, 2.05) is 25.1 Å². The second-order valence-corrected chi connectivity index (χ2v) is 4.61. The molecular formula is C14H21N3O3. The molecule has 1 aromatic carbocycles. The number of aryl methyl sites for hydroxylation is 1. The lowest BCUT2D eigenvalue weighted by Gasteiger charge is -2.25. The van der Waals surface area contributed by atoms with Gasteiger partial charge in [0.15, 0.2) is 0 Å². The summed E-state index contributed by atoms with van der Waals surface area (Å²) in [6.45, 7) is 2.25. The van der Waals surface area contributed by atoms with Crippen LogP contribution in [0.2, 0.25) is 0 Å². The summed E-state index contributed by atoms with van der Waals surface area (Å²) < 4.78 is 4.90. The van der Waals surface area contributed by atoms with E-state index in [2.05, 4.69) is 0 Å². The zero-order chi connectivity index (χ0) is 15.1. The van der Waals surface area contributed by atoms with Gasteiger partial charge in [-0.05, 0) is 24.6 Å². The van der Waals surface area contributed by atoms with Crippen molar-refractivity contribution < 1.29 is 14.3 Å². The Labute approximate surface area is 118 Å². The van der Waals surface area contributed by atoms with E-state index < -0.39 is 11.9 Å². The molecule has 0 aliphatic heterocycles. The number of carbonyl (C=O) groups is 2. The summed E-state index contributed by atoms with van der Waals surface area (Å²) >= 11 is 0. The highest BCUT2D eigenvalue weighted by molar-refractivity contribution is 5.97. The lowest BCUT2D eigenvalue weighted by molar-refractivity contribution is -0.121. The van der Waals surface area contributed by atoms with Crippen LogP contribution in [0, 0.1) is 6.92 Å². The molecular weight excluding hydrogens is 258 g/mol. The Morgan fingerprint density at radius 1 is 1.40 bits per heavy atom. The first-order valence-corrected chi connectivity index (χ1v) is 6.36. The van der Waals surface area contributed by atoms with Crippen LogP contribution >= 0.6 is 0 Å². The van der Waals surface area contributed by atoms with Crippen LogP contribution in [0.3, 0.4) is 0 Å². The quantitative estimate of drug-likeness (QED) is 0.743. The molecule has 20 heavy (non-hydrogen) atoms. The van der Waals surface area contributed by atoms with E-state index in [9.17, 15) is 9.59 Å². The van der Waals surface area contributed by atoms with Gasteiger partial charge in [-0.15, -0.1) is 0 Å². The fourth-order valence-corrected chi connectivity index (χ4v) is 1.84. The van der Waals surface area contributed by atoms with Gasteiger partial charge in [-0.2, -0.15) is 0 Å². The molecule has 0 heterocycles. The number of amides is 2. The first-order valence-electron chi connectivity index (χ1n) is 6.36. The summed E-state index contributed by atoms with van der Waals surface area (Å²) in [5.74, 6) is -0.755. The van der Waals surface area contributed by atoms with Crippen molar-refractivity contribution in [2.75, 3.05) is 25.2 Å². The van der Waals surface area contributed by atoms with Crippen LogP contribution in [0.25, 0.3) is 0 Å². The van der Waals surface area contributed by atoms with Crippen LogP contribution in [-0.2, 0) is 14.3 Å². The van der Waals surface area contributed by atoms with Crippen LogP contribution in [-0.4, -0.2) is 38.1 Å². The smallest absolute Gasteiger partial charge is 0.246 e. The average Bonchev–Trinajstić information content (AvgIpc) is 2.38. The summed E-state index contributed by atoms with van der Waals surface area (Å²) in [5, 5.41) is 0. The van der Waals surface area contributed by atoms with Crippen molar-refractivity contribution in [2.45, 2.75) is 19.4 Å². The maximum absolute atomic E-state index is 12.3. The Bertz CT molecular complexity index is 476. The number of benzene rings is 1. The highest BCUT2D eigenvalue weighted by Crippen LogP contribution is 2.17. The molecule has 1 unspecified atom stereocenters. The molecule has 1 aromatic rings. The fraction of sp³-hybridized carbons (Fsp3) is 0.429. The van der Waals surface area contributed by atoms with E-state index in [0.717, 1.165) is 5.56 Å². The maximum atomic E-state index is 12.3. The van der Waals surface area contributed by atoms with Crippen LogP contribution in [0.5, 0.6) is 0 Å². The Hall–Kier alpha value is -1.92. The van der Waals surface area contributed by atoms with Crippen molar-refractivity contribution in [1.29, 1.82) is 0 Å². The number of carbonyl (C=O) groups excluding carboxylic acids is 2. The maximum Gasteiger partial charge on any atom is 0.246 e. The molecule has 6 heteroatoms. The third kappa shape index (κ3) is 4.64. The molecule has 0 saturated carbocycles. The molecule has 0 fully saturated rings. The highest BCUT2D eigenvalue weighted by Gasteiger charge is 2.22. The Balaban J connectivity index is 2.95. The number of nitrogens with zero attached hydrogens (tertiary/aromatic N) is 1. The lowest BCUT2D eigenvalue weighted by atomic mass is 10.1. The van der Waals surface area contributed by atoms with E-state index in [0.29, 0.717) is 5.69 Å².